The van der Waals surface area contributed by atoms with Crippen LogP contribution in [0.25, 0.3) is 16.6 Å². The number of para-hydroxylation sites is 1. The lowest BCUT2D eigenvalue weighted by molar-refractivity contribution is 0.157. The standard InChI is InChI=1S/C15H17NO.C10H10N2/c1-2-6-12(7-3-1)17-15-10-11-16-14-9-5-4-8-13(14)15;1-8(12-2)10-5-3-9(7-11)4-6-10/h4-5,8-12H,1-3,6-7H2;3-6,12H,1H2,2H3. The summed E-state index contributed by atoms with van der Waals surface area (Å²) in [4.78, 5) is 4.35. The highest BCUT2D eigenvalue weighted by atomic mass is 16.5. The minimum Gasteiger partial charge on any atom is -0.490 e. The fourth-order valence-electron chi connectivity index (χ4n) is 3.43. The van der Waals surface area contributed by atoms with Crippen LogP contribution in [-0.2, 0) is 0 Å². The lowest BCUT2D eigenvalue weighted by Crippen LogP contribution is -2.19. The maximum absolute atomic E-state index is 8.54. The maximum Gasteiger partial charge on any atom is 0.130 e. The van der Waals surface area contributed by atoms with Crippen LogP contribution in [0.4, 0.5) is 0 Å². The Morgan fingerprint density at radius 1 is 1.07 bits per heavy atom. The third-order valence-corrected chi connectivity index (χ3v) is 5.12. The molecule has 0 saturated heterocycles. The molecule has 0 bridgehead atoms. The monoisotopic (exact) mass is 385 g/mol. The summed E-state index contributed by atoms with van der Waals surface area (Å²) in [7, 11) is 1.82. The van der Waals surface area contributed by atoms with Crippen LogP contribution >= 0.6 is 0 Å². The van der Waals surface area contributed by atoms with Gasteiger partial charge in [-0.25, -0.2) is 0 Å². The molecular formula is C25H27N3O. The smallest absolute Gasteiger partial charge is 0.130 e. The first-order valence-electron chi connectivity index (χ1n) is 10.1. The lowest BCUT2D eigenvalue weighted by Gasteiger charge is -2.23. The summed E-state index contributed by atoms with van der Waals surface area (Å²) >= 11 is 0. The van der Waals surface area contributed by atoms with Crippen molar-refractivity contribution in [3.63, 3.8) is 0 Å². The Balaban J connectivity index is 0.000000177. The molecule has 4 nitrogen and oxygen atoms in total. The van der Waals surface area contributed by atoms with E-state index in [0.29, 0.717) is 11.7 Å². The Morgan fingerprint density at radius 3 is 2.48 bits per heavy atom. The molecule has 1 aliphatic carbocycles. The van der Waals surface area contributed by atoms with Crippen LogP contribution in [0.2, 0.25) is 0 Å². The van der Waals surface area contributed by atoms with Crippen molar-refractivity contribution >= 4 is 16.6 Å². The summed E-state index contributed by atoms with van der Waals surface area (Å²) in [5.41, 5.74) is 3.56. The van der Waals surface area contributed by atoms with Gasteiger partial charge in [0.25, 0.3) is 0 Å². The quantitative estimate of drug-likeness (QED) is 0.626. The number of hydrogen-bond donors (Lipinski definition) is 1. The average molecular weight is 386 g/mol. The second-order valence-electron chi connectivity index (χ2n) is 7.12. The number of pyridine rings is 1. The fraction of sp³-hybridized carbons (Fsp3) is 0.280. The molecule has 0 unspecified atom stereocenters. The van der Waals surface area contributed by atoms with Gasteiger partial charge in [0.15, 0.2) is 0 Å². The first-order chi connectivity index (χ1) is 14.2. The molecule has 2 aromatic carbocycles. The van der Waals surface area contributed by atoms with Crippen LogP contribution in [0.15, 0.2) is 67.4 Å². The fourth-order valence-corrected chi connectivity index (χ4v) is 3.43. The summed E-state index contributed by atoms with van der Waals surface area (Å²) < 4.78 is 6.13. The molecule has 1 saturated carbocycles. The molecule has 3 aromatic rings. The second kappa shape index (κ2) is 10.3. The molecule has 29 heavy (non-hydrogen) atoms. The van der Waals surface area contributed by atoms with Crippen LogP contribution in [0, 0.1) is 11.3 Å². The molecule has 0 atom stereocenters. The van der Waals surface area contributed by atoms with E-state index in [0.717, 1.165) is 27.9 Å². The Bertz CT molecular complexity index is 978. The highest BCUT2D eigenvalue weighted by Crippen LogP contribution is 2.28. The van der Waals surface area contributed by atoms with Crippen molar-refractivity contribution in [2.24, 2.45) is 0 Å². The van der Waals surface area contributed by atoms with Gasteiger partial charge in [0, 0.05) is 24.3 Å². The van der Waals surface area contributed by atoms with E-state index in [4.69, 9.17) is 10.00 Å². The molecule has 0 amide bonds. The molecule has 0 spiro atoms. The maximum atomic E-state index is 8.54. The van der Waals surface area contributed by atoms with E-state index >= 15 is 0 Å². The van der Waals surface area contributed by atoms with Gasteiger partial charge in [-0.05, 0) is 61.6 Å². The molecule has 4 heteroatoms. The summed E-state index contributed by atoms with van der Waals surface area (Å²) in [6.45, 7) is 3.80. The van der Waals surface area contributed by atoms with Gasteiger partial charge in [-0.2, -0.15) is 5.26 Å². The number of nitriles is 1. The number of hydrogen-bond acceptors (Lipinski definition) is 4. The van der Waals surface area contributed by atoms with Crippen molar-refractivity contribution < 1.29 is 4.74 Å². The molecule has 1 aromatic heterocycles. The van der Waals surface area contributed by atoms with Crippen LogP contribution in [0.5, 0.6) is 5.75 Å². The van der Waals surface area contributed by atoms with Crippen LogP contribution in [0.3, 0.4) is 0 Å². The number of nitrogens with one attached hydrogen (secondary N) is 1. The predicted molar refractivity (Wildman–Crippen MR) is 118 cm³/mol. The first kappa shape index (κ1) is 20.4. The van der Waals surface area contributed by atoms with Gasteiger partial charge in [-0.3, -0.25) is 4.98 Å². The largest absolute Gasteiger partial charge is 0.490 e. The molecule has 4 rings (SSSR count). The van der Waals surface area contributed by atoms with E-state index in [9.17, 15) is 0 Å². The number of nitrogens with zero attached hydrogens (tertiary/aromatic N) is 2. The molecule has 1 heterocycles. The molecule has 1 fully saturated rings. The topological polar surface area (TPSA) is 57.9 Å². The van der Waals surface area contributed by atoms with Crippen LogP contribution in [0.1, 0.15) is 43.2 Å². The number of rotatable bonds is 4. The SMILES string of the molecule is C=C(NC)c1ccc(C#N)cc1.c1ccc2c(OC3CCCCC3)ccnc2c1. The lowest BCUT2D eigenvalue weighted by atomic mass is 9.98. The van der Waals surface area contributed by atoms with Crippen molar-refractivity contribution in [1.29, 1.82) is 5.26 Å². The van der Waals surface area contributed by atoms with E-state index in [1.54, 1.807) is 12.1 Å². The van der Waals surface area contributed by atoms with Gasteiger partial charge in [-0.1, -0.05) is 37.3 Å². The molecule has 1 aliphatic rings. The third kappa shape index (κ3) is 5.58. The van der Waals surface area contributed by atoms with Crippen molar-refractivity contribution in [3.05, 3.63) is 78.5 Å². The Hall–Kier alpha value is -3.32. The van der Waals surface area contributed by atoms with Gasteiger partial charge < -0.3 is 10.1 Å². The first-order valence-corrected chi connectivity index (χ1v) is 10.1. The van der Waals surface area contributed by atoms with Crippen molar-refractivity contribution in [2.45, 2.75) is 38.2 Å². The summed E-state index contributed by atoms with van der Waals surface area (Å²) in [5, 5.41) is 12.6. The molecule has 148 valence electrons. The predicted octanol–water partition coefficient (Wildman–Crippen LogP) is 5.69. The van der Waals surface area contributed by atoms with Gasteiger partial charge in [0.1, 0.15) is 5.75 Å². The Labute approximate surface area is 172 Å². The zero-order chi connectivity index (χ0) is 20.5. The van der Waals surface area contributed by atoms with E-state index < -0.39 is 0 Å². The molecule has 1 N–H and O–H groups in total. The van der Waals surface area contributed by atoms with E-state index in [1.165, 1.54) is 32.1 Å². The van der Waals surface area contributed by atoms with Crippen molar-refractivity contribution in [1.82, 2.24) is 10.3 Å². The Kier molecular flexibility index (Phi) is 7.24. The van der Waals surface area contributed by atoms with Gasteiger partial charge in [0.05, 0.1) is 23.3 Å². The van der Waals surface area contributed by atoms with Crippen molar-refractivity contribution in [2.75, 3.05) is 7.05 Å². The van der Waals surface area contributed by atoms with Gasteiger partial charge in [-0.15, -0.1) is 0 Å². The average Bonchev–Trinajstić information content (AvgIpc) is 2.80. The zero-order valence-corrected chi connectivity index (χ0v) is 16.9. The highest BCUT2D eigenvalue weighted by Gasteiger charge is 2.15. The number of benzene rings is 2. The van der Waals surface area contributed by atoms with E-state index in [1.807, 2.05) is 49.6 Å². The normalized spacial score (nSPS) is 13.7. The number of fused-ring (bicyclic) bond motifs is 1. The summed E-state index contributed by atoms with van der Waals surface area (Å²) in [6.07, 6.45) is 8.57. The summed E-state index contributed by atoms with van der Waals surface area (Å²) in [5.74, 6) is 0.988. The van der Waals surface area contributed by atoms with E-state index in [-0.39, 0.29) is 0 Å². The number of ether oxygens (including phenoxy) is 1. The molecule has 0 aliphatic heterocycles. The molecule has 0 radical (unpaired) electrons. The minimum atomic E-state index is 0.398. The molecular weight excluding hydrogens is 358 g/mol. The van der Waals surface area contributed by atoms with Gasteiger partial charge >= 0.3 is 0 Å². The summed E-state index contributed by atoms with van der Waals surface area (Å²) in [6, 6.07) is 19.5. The number of aromatic nitrogens is 1. The van der Waals surface area contributed by atoms with Gasteiger partial charge in [0.2, 0.25) is 0 Å². The van der Waals surface area contributed by atoms with Crippen LogP contribution < -0.4 is 10.1 Å². The zero-order valence-electron chi connectivity index (χ0n) is 16.9. The highest BCUT2D eigenvalue weighted by molar-refractivity contribution is 5.84. The third-order valence-electron chi connectivity index (χ3n) is 5.12. The van der Waals surface area contributed by atoms with Crippen molar-refractivity contribution in [3.8, 4) is 11.8 Å². The van der Waals surface area contributed by atoms with E-state index in [2.05, 4.69) is 29.0 Å². The minimum absolute atomic E-state index is 0.398. The second-order valence-corrected chi connectivity index (χ2v) is 7.12. The Morgan fingerprint density at radius 2 is 1.79 bits per heavy atom. The van der Waals surface area contributed by atoms with Crippen LogP contribution in [-0.4, -0.2) is 18.1 Å².